The Labute approximate surface area is 78.7 Å². The number of pyridine rings is 1. The first-order valence-corrected chi connectivity index (χ1v) is 3.81. The molecule has 0 aliphatic heterocycles. The number of aromatic nitrogens is 1. The number of alkyl halides is 2. The van der Waals surface area contributed by atoms with E-state index in [4.69, 9.17) is 5.73 Å². The van der Waals surface area contributed by atoms with Crippen LogP contribution in [0, 0.1) is 5.82 Å². The van der Waals surface area contributed by atoms with Gasteiger partial charge in [-0.2, -0.15) is 0 Å². The molecule has 1 rings (SSSR count). The van der Waals surface area contributed by atoms with Crippen LogP contribution in [0.2, 0.25) is 0 Å². The van der Waals surface area contributed by atoms with Crippen LogP contribution in [0.5, 0.6) is 5.88 Å². The molecule has 0 spiro atoms. The summed E-state index contributed by atoms with van der Waals surface area (Å²) < 4.78 is 42.2. The first-order chi connectivity index (χ1) is 6.60. The molecule has 0 saturated heterocycles. The van der Waals surface area contributed by atoms with Crippen LogP contribution in [0.3, 0.4) is 0 Å². The maximum Gasteiger partial charge on any atom is 0.266 e. The van der Waals surface area contributed by atoms with Crippen molar-refractivity contribution in [2.45, 2.75) is 13.0 Å². The Hall–Kier alpha value is -1.30. The van der Waals surface area contributed by atoms with Crippen LogP contribution in [-0.4, -0.2) is 12.1 Å². The monoisotopic (exact) mass is 206 g/mol. The normalized spacial score (nSPS) is 10.7. The second-order valence-corrected chi connectivity index (χ2v) is 2.53. The molecule has 1 aromatic rings. The molecule has 2 N–H and O–H groups in total. The Bertz CT molecular complexity index is 331. The summed E-state index contributed by atoms with van der Waals surface area (Å²) in [6.45, 7) is -0.0453. The summed E-state index contributed by atoms with van der Waals surface area (Å²) in [4.78, 5) is 3.60. The number of methoxy groups -OCH3 is 1. The molecular formula is C8H9F3N2O. The average Bonchev–Trinajstić information content (AvgIpc) is 2.17. The Kier molecular flexibility index (Phi) is 3.29. The van der Waals surface area contributed by atoms with E-state index in [0.29, 0.717) is 0 Å². The fourth-order valence-electron chi connectivity index (χ4n) is 0.977. The summed E-state index contributed by atoms with van der Waals surface area (Å²) in [5.74, 6) is -1.59. The van der Waals surface area contributed by atoms with Gasteiger partial charge in [-0.3, -0.25) is 0 Å². The number of halogens is 3. The van der Waals surface area contributed by atoms with E-state index in [1.165, 1.54) is 0 Å². The SMILES string of the molecule is COc1nc(CN)cc(C(F)F)c1F. The molecule has 0 bridgehead atoms. The van der Waals surface area contributed by atoms with Gasteiger partial charge in [0.2, 0.25) is 0 Å². The van der Waals surface area contributed by atoms with Gasteiger partial charge >= 0.3 is 0 Å². The third-order valence-electron chi connectivity index (χ3n) is 1.65. The van der Waals surface area contributed by atoms with Crippen LogP contribution in [0.25, 0.3) is 0 Å². The summed E-state index contributed by atoms with van der Waals surface area (Å²) in [5.41, 5.74) is 4.63. The van der Waals surface area contributed by atoms with E-state index in [-0.39, 0.29) is 12.2 Å². The van der Waals surface area contributed by atoms with E-state index in [2.05, 4.69) is 9.72 Å². The van der Waals surface area contributed by atoms with Gasteiger partial charge in [0.05, 0.1) is 18.4 Å². The first kappa shape index (κ1) is 10.8. The second kappa shape index (κ2) is 4.28. The zero-order valence-electron chi connectivity index (χ0n) is 7.43. The van der Waals surface area contributed by atoms with Crippen LogP contribution in [0.15, 0.2) is 6.07 Å². The van der Waals surface area contributed by atoms with Crippen molar-refractivity contribution in [2.24, 2.45) is 5.73 Å². The molecule has 0 atom stereocenters. The molecule has 0 radical (unpaired) electrons. The minimum absolute atomic E-state index is 0.0453. The van der Waals surface area contributed by atoms with Gasteiger partial charge < -0.3 is 10.5 Å². The number of ether oxygens (including phenoxy) is 1. The molecule has 0 unspecified atom stereocenters. The van der Waals surface area contributed by atoms with E-state index < -0.39 is 23.7 Å². The molecule has 3 nitrogen and oxygen atoms in total. The highest BCUT2D eigenvalue weighted by Gasteiger charge is 2.19. The van der Waals surface area contributed by atoms with Crippen LogP contribution in [0.4, 0.5) is 13.2 Å². The number of hydrogen-bond donors (Lipinski definition) is 1. The number of nitrogens with two attached hydrogens (primary N) is 1. The van der Waals surface area contributed by atoms with Gasteiger partial charge in [-0.05, 0) is 6.07 Å². The molecule has 1 heterocycles. The van der Waals surface area contributed by atoms with Gasteiger partial charge in [-0.25, -0.2) is 18.2 Å². The summed E-state index contributed by atoms with van der Waals surface area (Å²) in [6, 6.07) is 0.933. The Morgan fingerprint density at radius 3 is 2.64 bits per heavy atom. The van der Waals surface area contributed by atoms with Gasteiger partial charge in [0.25, 0.3) is 12.3 Å². The fourth-order valence-corrected chi connectivity index (χ4v) is 0.977. The molecule has 0 saturated carbocycles. The number of rotatable bonds is 3. The zero-order chi connectivity index (χ0) is 10.7. The molecular weight excluding hydrogens is 197 g/mol. The molecule has 0 amide bonds. The van der Waals surface area contributed by atoms with Gasteiger partial charge in [0, 0.05) is 6.54 Å². The number of hydrogen-bond acceptors (Lipinski definition) is 3. The van der Waals surface area contributed by atoms with Crippen LogP contribution in [0.1, 0.15) is 17.7 Å². The fraction of sp³-hybridized carbons (Fsp3) is 0.375. The van der Waals surface area contributed by atoms with E-state index in [1.54, 1.807) is 0 Å². The summed E-state index contributed by atoms with van der Waals surface area (Å²) in [6.07, 6.45) is -2.91. The first-order valence-electron chi connectivity index (χ1n) is 3.81. The second-order valence-electron chi connectivity index (χ2n) is 2.53. The minimum atomic E-state index is -2.91. The Balaban J connectivity index is 3.27. The van der Waals surface area contributed by atoms with Crippen molar-refractivity contribution in [3.8, 4) is 5.88 Å². The van der Waals surface area contributed by atoms with Crippen molar-refractivity contribution < 1.29 is 17.9 Å². The Morgan fingerprint density at radius 2 is 2.21 bits per heavy atom. The maximum absolute atomic E-state index is 13.1. The van der Waals surface area contributed by atoms with E-state index in [0.717, 1.165) is 13.2 Å². The summed E-state index contributed by atoms with van der Waals surface area (Å²) in [5, 5.41) is 0. The minimum Gasteiger partial charge on any atom is -0.479 e. The molecule has 0 fully saturated rings. The molecule has 1 aromatic heterocycles. The predicted molar refractivity (Wildman–Crippen MR) is 43.6 cm³/mol. The summed E-state index contributed by atoms with van der Waals surface area (Å²) in [7, 11) is 1.15. The van der Waals surface area contributed by atoms with Gasteiger partial charge in [-0.1, -0.05) is 0 Å². The lowest BCUT2D eigenvalue weighted by Crippen LogP contribution is -2.06. The average molecular weight is 206 g/mol. The largest absolute Gasteiger partial charge is 0.479 e. The zero-order valence-corrected chi connectivity index (χ0v) is 7.43. The standard InChI is InChI=1S/C8H9F3N2O/c1-14-8-6(9)5(7(10)11)2-4(3-12)13-8/h2,7H,3,12H2,1H3. The topological polar surface area (TPSA) is 48.1 Å². The van der Waals surface area contributed by atoms with Gasteiger partial charge in [0.1, 0.15) is 0 Å². The third kappa shape index (κ3) is 1.95. The van der Waals surface area contributed by atoms with Crippen molar-refractivity contribution in [1.82, 2.24) is 4.98 Å². The summed E-state index contributed by atoms with van der Waals surface area (Å²) >= 11 is 0. The Morgan fingerprint density at radius 1 is 1.57 bits per heavy atom. The van der Waals surface area contributed by atoms with Crippen LogP contribution < -0.4 is 10.5 Å². The van der Waals surface area contributed by atoms with Crippen molar-refractivity contribution >= 4 is 0 Å². The van der Waals surface area contributed by atoms with Crippen molar-refractivity contribution in [3.63, 3.8) is 0 Å². The highest BCUT2D eigenvalue weighted by molar-refractivity contribution is 5.28. The lowest BCUT2D eigenvalue weighted by molar-refractivity contribution is 0.144. The van der Waals surface area contributed by atoms with Crippen LogP contribution in [-0.2, 0) is 6.54 Å². The molecule has 0 aliphatic carbocycles. The molecule has 0 aromatic carbocycles. The third-order valence-corrected chi connectivity index (χ3v) is 1.65. The molecule has 0 aliphatic rings. The molecule has 78 valence electrons. The molecule has 14 heavy (non-hydrogen) atoms. The molecule has 6 heteroatoms. The highest BCUT2D eigenvalue weighted by Crippen LogP contribution is 2.27. The quantitative estimate of drug-likeness (QED) is 0.817. The van der Waals surface area contributed by atoms with E-state index >= 15 is 0 Å². The van der Waals surface area contributed by atoms with Crippen molar-refractivity contribution in [2.75, 3.05) is 7.11 Å². The predicted octanol–water partition coefficient (Wildman–Crippen LogP) is 1.63. The van der Waals surface area contributed by atoms with E-state index in [9.17, 15) is 13.2 Å². The maximum atomic E-state index is 13.1. The highest BCUT2D eigenvalue weighted by atomic mass is 19.3. The van der Waals surface area contributed by atoms with Gasteiger partial charge in [0.15, 0.2) is 5.82 Å². The van der Waals surface area contributed by atoms with E-state index in [1.807, 2.05) is 0 Å². The smallest absolute Gasteiger partial charge is 0.266 e. The number of nitrogens with zero attached hydrogens (tertiary/aromatic N) is 1. The van der Waals surface area contributed by atoms with Crippen molar-refractivity contribution in [1.29, 1.82) is 0 Å². The van der Waals surface area contributed by atoms with Gasteiger partial charge in [-0.15, -0.1) is 0 Å². The van der Waals surface area contributed by atoms with Crippen molar-refractivity contribution in [3.05, 3.63) is 23.1 Å². The van der Waals surface area contributed by atoms with Crippen LogP contribution >= 0.6 is 0 Å². The lowest BCUT2D eigenvalue weighted by atomic mass is 10.2. The lowest BCUT2D eigenvalue weighted by Gasteiger charge is -2.08.